The van der Waals surface area contributed by atoms with Crippen LogP contribution in [0.15, 0.2) is 12.4 Å². The van der Waals surface area contributed by atoms with Gasteiger partial charge in [0.2, 0.25) is 0 Å². The van der Waals surface area contributed by atoms with E-state index in [0.717, 1.165) is 31.8 Å². The molecule has 4 heteroatoms. The lowest BCUT2D eigenvalue weighted by Crippen LogP contribution is -2.35. The summed E-state index contributed by atoms with van der Waals surface area (Å²) in [6.07, 6.45) is 5.46. The number of carbonyl (C=O) groups excluding carboxylic acids is 1. The van der Waals surface area contributed by atoms with Crippen molar-refractivity contribution in [2.75, 3.05) is 13.1 Å². The number of hydrogen-bond donors (Lipinski definition) is 0. The van der Waals surface area contributed by atoms with Gasteiger partial charge in [0, 0.05) is 25.9 Å². The molecule has 0 spiro atoms. The molecule has 1 saturated heterocycles. The first-order chi connectivity index (χ1) is 6.75. The normalized spacial score (nSPS) is 18.8. The van der Waals surface area contributed by atoms with Crippen molar-refractivity contribution in [3.63, 3.8) is 0 Å². The van der Waals surface area contributed by atoms with E-state index in [-0.39, 0.29) is 0 Å². The summed E-state index contributed by atoms with van der Waals surface area (Å²) in [6, 6.07) is 0. The lowest BCUT2D eigenvalue weighted by molar-refractivity contribution is -0.122. The molecule has 1 aromatic rings. The molecule has 0 atom stereocenters. The molecule has 14 heavy (non-hydrogen) atoms. The van der Waals surface area contributed by atoms with E-state index >= 15 is 0 Å². The zero-order chi connectivity index (χ0) is 9.97. The second-order valence-electron chi connectivity index (χ2n) is 3.81. The highest BCUT2D eigenvalue weighted by Crippen LogP contribution is 2.09. The van der Waals surface area contributed by atoms with Gasteiger partial charge in [0.25, 0.3) is 0 Å². The van der Waals surface area contributed by atoms with Gasteiger partial charge in [0.15, 0.2) is 0 Å². The van der Waals surface area contributed by atoms with E-state index in [4.69, 9.17) is 0 Å². The number of ketones is 1. The highest BCUT2D eigenvalue weighted by Gasteiger charge is 2.17. The minimum absolute atomic E-state index is 0.352. The number of imidazole rings is 1. The number of aromatic nitrogens is 2. The maximum Gasteiger partial charge on any atom is 0.146 e. The Balaban J connectivity index is 1.97. The van der Waals surface area contributed by atoms with Crippen LogP contribution in [0.5, 0.6) is 0 Å². The molecule has 2 heterocycles. The van der Waals surface area contributed by atoms with E-state index in [2.05, 4.69) is 9.88 Å². The molecule has 0 bridgehead atoms. The monoisotopic (exact) mass is 193 g/mol. The van der Waals surface area contributed by atoms with Gasteiger partial charge < -0.3 is 4.57 Å². The maximum absolute atomic E-state index is 11.2. The van der Waals surface area contributed by atoms with Crippen molar-refractivity contribution < 1.29 is 4.79 Å². The molecule has 1 aromatic heterocycles. The lowest BCUT2D eigenvalue weighted by Gasteiger charge is -2.24. The third-order valence-corrected chi connectivity index (χ3v) is 2.62. The predicted molar refractivity (Wildman–Crippen MR) is 52.7 cm³/mol. The van der Waals surface area contributed by atoms with Crippen LogP contribution in [0.25, 0.3) is 0 Å². The Morgan fingerprint density at radius 2 is 2.43 bits per heavy atom. The summed E-state index contributed by atoms with van der Waals surface area (Å²) in [4.78, 5) is 17.6. The van der Waals surface area contributed by atoms with E-state index < -0.39 is 0 Å². The molecule has 0 aromatic carbocycles. The summed E-state index contributed by atoms with van der Waals surface area (Å²) in [5.41, 5.74) is 0. The molecule has 1 aliphatic heterocycles. The molecule has 0 aliphatic carbocycles. The molecule has 0 unspecified atom stereocenters. The second-order valence-corrected chi connectivity index (χ2v) is 3.81. The molecule has 0 amide bonds. The Bertz CT molecular complexity index is 332. The van der Waals surface area contributed by atoms with Crippen LogP contribution in [-0.2, 0) is 18.4 Å². The molecular formula is C10H15N3O. The van der Waals surface area contributed by atoms with Crippen LogP contribution in [0.3, 0.4) is 0 Å². The van der Waals surface area contributed by atoms with Gasteiger partial charge in [-0.05, 0) is 13.0 Å². The molecule has 0 N–H and O–H groups in total. The van der Waals surface area contributed by atoms with Gasteiger partial charge in [0.05, 0.1) is 13.1 Å². The Morgan fingerprint density at radius 1 is 1.57 bits per heavy atom. The Labute approximate surface area is 83.5 Å². The predicted octanol–water partition coefficient (Wildman–Crippen LogP) is 0.585. The molecule has 76 valence electrons. The van der Waals surface area contributed by atoms with Crippen LogP contribution < -0.4 is 0 Å². The Kier molecular flexibility index (Phi) is 2.63. The first kappa shape index (κ1) is 9.40. The van der Waals surface area contributed by atoms with Gasteiger partial charge in [-0.25, -0.2) is 4.98 Å². The van der Waals surface area contributed by atoms with E-state index in [1.54, 1.807) is 6.20 Å². The van der Waals surface area contributed by atoms with Gasteiger partial charge >= 0.3 is 0 Å². The van der Waals surface area contributed by atoms with Crippen LogP contribution in [-0.4, -0.2) is 33.3 Å². The van der Waals surface area contributed by atoms with Crippen molar-refractivity contribution >= 4 is 5.78 Å². The zero-order valence-corrected chi connectivity index (χ0v) is 8.44. The highest BCUT2D eigenvalue weighted by molar-refractivity contribution is 5.81. The van der Waals surface area contributed by atoms with Gasteiger partial charge in [-0.15, -0.1) is 0 Å². The SMILES string of the molecule is Cn1ccnc1CN1CCCC(=O)C1. The minimum Gasteiger partial charge on any atom is -0.337 e. The number of piperidine rings is 1. The lowest BCUT2D eigenvalue weighted by atomic mass is 10.1. The quantitative estimate of drug-likeness (QED) is 0.689. The van der Waals surface area contributed by atoms with Gasteiger partial charge in [-0.1, -0.05) is 0 Å². The second kappa shape index (κ2) is 3.92. The molecule has 0 radical (unpaired) electrons. The number of aryl methyl sites for hydroxylation is 1. The number of nitrogens with zero attached hydrogens (tertiary/aromatic N) is 3. The van der Waals surface area contributed by atoms with Crippen molar-refractivity contribution in [2.45, 2.75) is 19.4 Å². The van der Waals surface area contributed by atoms with Crippen LogP contribution in [0.2, 0.25) is 0 Å². The van der Waals surface area contributed by atoms with E-state index in [1.807, 2.05) is 17.8 Å². The summed E-state index contributed by atoms with van der Waals surface area (Å²) >= 11 is 0. The largest absolute Gasteiger partial charge is 0.337 e. The average molecular weight is 193 g/mol. The molecular weight excluding hydrogens is 178 g/mol. The molecule has 0 saturated carbocycles. The molecule has 4 nitrogen and oxygen atoms in total. The van der Waals surface area contributed by atoms with Crippen LogP contribution in [0.1, 0.15) is 18.7 Å². The summed E-state index contributed by atoms with van der Waals surface area (Å²) in [5.74, 6) is 1.38. The van der Waals surface area contributed by atoms with E-state index in [0.29, 0.717) is 12.3 Å². The molecule has 1 aliphatic rings. The van der Waals surface area contributed by atoms with Crippen molar-refractivity contribution in [1.82, 2.24) is 14.5 Å². The van der Waals surface area contributed by atoms with E-state index in [1.165, 1.54) is 0 Å². The third kappa shape index (κ3) is 2.01. The van der Waals surface area contributed by atoms with Crippen LogP contribution in [0.4, 0.5) is 0 Å². The summed E-state index contributed by atoms with van der Waals surface area (Å²) in [6.45, 7) is 2.39. The highest BCUT2D eigenvalue weighted by atomic mass is 16.1. The fourth-order valence-electron chi connectivity index (χ4n) is 1.79. The van der Waals surface area contributed by atoms with Crippen molar-refractivity contribution in [2.24, 2.45) is 7.05 Å². The van der Waals surface area contributed by atoms with Crippen LogP contribution in [0, 0.1) is 0 Å². The summed E-state index contributed by atoms with van der Waals surface area (Å²) in [5, 5.41) is 0. The summed E-state index contributed by atoms with van der Waals surface area (Å²) in [7, 11) is 1.98. The van der Waals surface area contributed by atoms with Crippen molar-refractivity contribution in [3.8, 4) is 0 Å². The number of hydrogen-bond acceptors (Lipinski definition) is 3. The summed E-state index contributed by atoms with van der Waals surface area (Å²) < 4.78 is 2.00. The fraction of sp³-hybridized carbons (Fsp3) is 0.600. The van der Waals surface area contributed by atoms with Gasteiger partial charge in [0.1, 0.15) is 11.6 Å². The number of rotatable bonds is 2. The van der Waals surface area contributed by atoms with Crippen molar-refractivity contribution in [1.29, 1.82) is 0 Å². The van der Waals surface area contributed by atoms with Crippen molar-refractivity contribution in [3.05, 3.63) is 18.2 Å². The first-order valence-electron chi connectivity index (χ1n) is 4.96. The topological polar surface area (TPSA) is 38.1 Å². The van der Waals surface area contributed by atoms with Crippen LogP contribution >= 0.6 is 0 Å². The number of carbonyl (C=O) groups is 1. The van der Waals surface area contributed by atoms with E-state index in [9.17, 15) is 4.79 Å². The number of likely N-dealkylation sites (tertiary alicyclic amines) is 1. The Morgan fingerprint density at radius 3 is 3.07 bits per heavy atom. The maximum atomic E-state index is 11.2. The Hall–Kier alpha value is -1.16. The smallest absolute Gasteiger partial charge is 0.146 e. The molecule has 1 fully saturated rings. The van der Waals surface area contributed by atoms with Gasteiger partial charge in [-0.3, -0.25) is 9.69 Å². The zero-order valence-electron chi connectivity index (χ0n) is 8.44. The number of Topliss-reactive ketones (excluding diaryl/α,β-unsaturated/α-hetero) is 1. The minimum atomic E-state index is 0.352. The average Bonchev–Trinajstić information content (AvgIpc) is 2.52. The third-order valence-electron chi connectivity index (χ3n) is 2.62. The first-order valence-corrected chi connectivity index (χ1v) is 4.96. The standard InChI is InChI=1S/C10H15N3O/c1-12-6-4-11-10(12)8-13-5-2-3-9(14)7-13/h4,6H,2-3,5,7-8H2,1H3. The molecule has 2 rings (SSSR count). The van der Waals surface area contributed by atoms with Gasteiger partial charge in [-0.2, -0.15) is 0 Å². The fourth-order valence-corrected chi connectivity index (χ4v) is 1.79.